The van der Waals surface area contributed by atoms with Gasteiger partial charge in [0.2, 0.25) is 11.1 Å². The zero-order chi connectivity index (χ0) is 31.2. The highest BCUT2D eigenvalue weighted by Gasteiger charge is 2.36. The number of esters is 1. The number of thioether (sulfide) groups is 1. The maximum atomic E-state index is 13.5. The van der Waals surface area contributed by atoms with Gasteiger partial charge in [-0.05, 0) is 78.0 Å². The van der Waals surface area contributed by atoms with Gasteiger partial charge in [0.15, 0.2) is 11.5 Å². The van der Waals surface area contributed by atoms with Gasteiger partial charge in [-0.1, -0.05) is 78.3 Å². The summed E-state index contributed by atoms with van der Waals surface area (Å²) in [4.78, 5) is 18.2. The maximum Gasteiger partial charge on any atom is 0.338 e. The molecule has 1 aliphatic rings. The lowest BCUT2D eigenvalue weighted by Gasteiger charge is -2.29. The van der Waals surface area contributed by atoms with Crippen molar-refractivity contribution in [2.45, 2.75) is 57.7 Å². The Labute approximate surface area is 275 Å². The number of allylic oxidation sites excluding steroid dienone is 1. The molecule has 0 radical (unpaired) electrons. The van der Waals surface area contributed by atoms with E-state index in [0.29, 0.717) is 75.4 Å². The Balaban J connectivity index is 1.53. The van der Waals surface area contributed by atoms with Gasteiger partial charge in [0.1, 0.15) is 12.6 Å². The molecule has 1 unspecified atom stereocenters. The summed E-state index contributed by atoms with van der Waals surface area (Å²) in [6, 6.07) is 19.1. The fourth-order valence-electron chi connectivity index (χ4n) is 4.90. The summed E-state index contributed by atoms with van der Waals surface area (Å²) in [6.45, 7) is 8.90. The summed E-state index contributed by atoms with van der Waals surface area (Å²) in [5.41, 5.74) is 5.06. The number of rotatable bonds is 12. The lowest BCUT2D eigenvalue weighted by atomic mass is 9.95. The number of benzene rings is 3. The van der Waals surface area contributed by atoms with Crippen molar-refractivity contribution >= 4 is 51.2 Å². The molecular formula is C33H34BrClN4O4S. The number of carbonyl (C=O) groups excluding carboxylic acids is 1. The van der Waals surface area contributed by atoms with Gasteiger partial charge in [0, 0.05) is 16.5 Å². The van der Waals surface area contributed by atoms with E-state index in [2.05, 4.69) is 40.3 Å². The Bertz CT molecular complexity index is 1690. The van der Waals surface area contributed by atoms with E-state index < -0.39 is 12.0 Å². The van der Waals surface area contributed by atoms with Gasteiger partial charge < -0.3 is 19.5 Å². The second kappa shape index (κ2) is 14.5. The minimum absolute atomic E-state index is 0.311. The molecule has 5 rings (SSSR count). The number of fused-ring (bicyclic) bond motifs is 1. The third kappa shape index (κ3) is 7.25. The molecule has 0 fully saturated rings. The summed E-state index contributed by atoms with van der Waals surface area (Å²) in [5, 5.41) is 9.36. The molecule has 0 amide bonds. The smallest absolute Gasteiger partial charge is 0.338 e. The maximum absolute atomic E-state index is 13.5. The van der Waals surface area contributed by atoms with Crippen molar-refractivity contribution in [3.63, 3.8) is 0 Å². The largest absolute Gasteiger partial charge is 0.490 e. The molecule has 3 aromatic carbocycles. The van der Waals surface area contributed by atoms with Crippen LogP contribution in [-0.2, 0) is 21.9 Å². The summed E-state index contributed by atoms with van der Waals surface area (Å²) >= 11 is 11.6. The van der Waals surface area contributed by atoms with Crippen molar-refractivity contribution in [3.05, 3.63) is 104 Å². The molecule has 0 saturated carbocycles. The number of aryl methyl sites for hydroxylation is 1. The minimum atomic E-state index is -0.626. The van der Waals surface area contributed by atoms with E-state index in [9.17, 15) is 4.79 Å². The van der Waals surface area contributed by atoms with Crippen LogP contribution in [-0.4, -0.2) is 33.9 Å². The van der Waals surface area contributed by atoms with Crippen LogP contribution in [0.4, 0.5) is 5.95 Å². The van der Waals surface area contributed by atoms with Crippen LogP contribution in [0.3, 0.4) is 0 Å². The fourth-order valence-corrected chi connectivity index (χ4v) is 6.59. The second-order valence-electron chi connectivity index (χ2n) is 10.3. The number of hydrogen-bond donors (Lipinski definition) is 1. The Morgan fingerprint density at radius 2 is 1.91 bits per heavy atom. The molecule has 44 heavy (non-hydrogen) atoms. The topological polar surface area (TPSA) is 87.5 Å². The predicted octanol–water partition coefficient (Wildman–Crippen LogP) is 8.51. The first-order valence-electron chi connectivity index (χ1n) is 14.4. The molecule has 0 saturated heterocycles. The van der Waals surface area contributed by atoms with Crippen molar-refractivity contribution < 1.29 is 19.0 Å². The number of anilines is 1. The number of hydrogen-bond acceptors (Lipinski definition) is 8. The number of ether oxygens (including phenoxy) is 3. The minimum Gasteiger partial charge on any atom is -0.490 e. The van der Waals surface area contributed by atoms with E-state index in [1.54, 1.807) is 4.68 Å². The van der Waals surface area contributed by atoms with Crippen LogP contribution in [0, 0.1) is 6.92 Å². The molecule has 0 aliphatic carbocycles. The molecule has 11 heteroatoms. The Morgan fingerprint density at radius 1 is 1.09 bits per heavy atom. The number of nitrogens with one attached hydrogen (secondary N) is 1. The molecule has 0 bridgehead atoms. The van der Waals surface area contributed by atoms with Crippen molar-refractivity contribution in [3.8, 4) is 11.5 Å². The van der Waals surface area contributed by atoms with Gasteiger partial charge in [-0.2, -0.15) is 4.98 Å². The molecule has 1 N–H and O–H groups in total. The Hall–Kier alpha value is -3.47. The van der Waals surface area contributed by atoms with Gasteiger partial charge in [0.05, 0.1) is 23.3 Å². The Morgan fingerprint density at radius 3 is 2.66 bits per heavy atom. The fraction of sp³-hybridized carbons (Fsp3) is 0.303. The molecule has 1 aliphatic heterocycles. The quantitative estimate of drug-likeness (QED) is 0.117. The predicted molar refractivity (Wildman–Crippen MR) is 178 cm³/mol. The molecule has 2 heterocycles. The third-order valence-electron chi connectivity index (χ3n) is 6.92. The highest BCUT2D eigenvalue weighted by Crippen LogP contribution is 2.44. The number of carbonyl (C=O) groups is 1. The number of aromatic nitrogens is 3. The zero-order valence-electron chi connectivity index (χ0n) is 25.0. The monoisotopic (exact) mass is 696 g/mol. The van der Waals surface area contributed by atoms with Crippen molar-refractivity contribution in [1.82, 2.24) is 14.8 Å². The van der Waals surface area contributed by atoms with Gasteiger partial charge in [0.25, 0.3) is 0 Å². The summed E-state index contributed by atoms with van der Waals surface area (Å²) in [5.74, 6) is 1.84. The van der Waals surface area contributed by atoms with E-state index >= 15 is 0 Å². The summed E-state index contributed by atoms with van der Waals surface area (Å²) < 4.78 is 20.4. The first-order chi connectivity index (χ1) is 21.3. The van der Waals surface area contributed by atoms with E-state index in [0.717, 1.165) is 22.3 Å². The molecule has 4 aromatic rings. The van der Waals surface area contributed by atoms with Gasteiger partial charge in [-0.15, -0.1) is 5.10 Å². The van der Waals surface area contributed by atoms with Gasteiger partial charge in [-0.3, -0.25) is 0 Å². The van der Waals surface area contributed by atoms with Gasteiger partial charge >= 0.3 is 5.97 Å². The molecular weight excluding hydrogens is 664 g/mol. The van der Waals surface area contributed by atoms with Crippen LogP contribution < -0.4 is 14.8 Å². The van der Waals surface area contributed by atoms with E-state index in [4.69, 9.17) is 35.9 Å². The Kier molecular flexibility index (Phi) is 10.6. The lowest BCUT2D eigenvalue weighted by molar-refractivity contribution is -0.139. The summed E-state index contributed by atoms with van der Waals surface area (Å²) in [7, 11) is 0. The van der Waals surface area contributed by atoms with Crippen LogP contribution >= 0.6 is 39.3 Å². The van der Waals surface area contributed by atoms with Crippen LogP contribution in [0.2, 0.25) is 5.02 Å². The van der Waals surface area contributed by atoms with Crippen molar-refractivity contribution in [2.75, 3.05) is 18.5 Å². The van der Waals surface area contributed by atoms with Crippen molar-refractivity contribution in [2.24, 2.45) is 0 Å². The molecule has 1 aromatic heterocycles. The number of nitrogens with zero attached hydrogens (tertiary/aromatic N) is 3. The van der Waals surface area contributed by atoms with E-state index in [1.165, 1.54) is 11.8 Å². The first kappa shape index (κ1) is 31.9. The molecule has 8 nitrogen and oxygen atoms in total. The van der Waals surface area contributed by atoms with Crippen LogP contribution in [0.25, 0.3) is 0 Å². The number of halogens is 2. The highest BCUT2D eigenvalue weighted by atomic mass is 79.9. The van der Waals surface area contributed by atoms with E-state index in [1.807, 2.05) is 69.3 Å². The van der Waals surface area contributed by atoms with Crippen LogP contribution in [0.15, 0.2) is 81.6 Å². The van der Waals surface area contributed by atoms with Gasteiger partial charge in [-0.25, -0.2) is 9.48 Å². The average molecular weight is 698 g/mol. The average Bonchev–Trinajstić information content (AvgIpc) is 3.40. The molecule has 1 atom stereocenters. The van der Waals surface area contributed by atoms with E-state index in [-0.39, 0.29) is 0 Å². The van der Waals surface area contributed by atoms with Crippen LogP contribution in [0.1, 0.15) is 55.5 Å². The highest BCUT2D eigenvalue weighted by molar-refractivity contribution is 9.10. The third-order valence-corrected chi connectivity index (χ3v) is 8.76. The standard InChI is InChI=1S/C33H34BrClN4O4S/c1-5-14-42-31(40)28-21(4)36-32-37-33(44-19-23-12-7-8-13-26(23)35)38-39(32)29(28)24-16-25(34)30(27(17-24)41-6-2)43-18-22-11-9-10-20(3)15-22/h7-13,15-17,29H,5-6,14,18-19H2,1-4H3,(H,36,37,38). The molecule has 0 spiro atoms. The second-order valence-corrected chi connectivity index (χ2v) is 12.5. The SMILES string of the molecule is CCCOC(=O)C1=C(C)Nc2nc(SCc3ccccc3Cl)nn2C1c1cc(Br)c(OCc2cccc(C)c2)c(OCC)c1. The van der Waals surface area contributed by atoms with Crippen LogP contribution in [0.5, 0.6) is 11.5 Å². The normalized spacial score (nSPS) is 14.2. The van der Waals surface area contributed by atoms with Crippen molar-refractivity contribution in [1.29, 1.82) is 0 Å². The first-order valence-corrected chi connectivity index (χ1v) is 16.6. The summed E-state index contributed by atoms with van der Waals surface area (Å²) in [6.07, 6.45) is 0.709. The molecule has 230 valence electrons. The zero-order valence-corrected chi connectivity index (χ0v) is 28.2. The lowest BCUT2D eigenvalue weighted by Crippen LogP contribution is -2.30.